The third-order valence-corrected chi connectivity index (χ3v) is 5.75. The van der Waals surface area contributed by atoms with E-state index in [4.69, 9.17) is 11.6 Å². The van der Waals surface area contributed by atoms with Crippen LogP contribution in [0.25, 0.3) is 5.82 Å². The number of hydrogen-bond donors (Lipinski definition) is 0. The van der Waals surface area contributed by atoms with Gasteiger partial charge < -0.3 is 9.80 Å². The van der Waals surface area contributed by atoms with Gasteiger partial charge in [-0.15, -0.1) is 0 Å². The van der Waals surface area contributed by atoms with Crippen LogP contribution in [0.5, 0.6) is 0 Å². The fourth-order valence-electron chi connectivity index (χ4n) is 3.95. The molecule has 8 heteroatoms. The maximum Gasteiger partial charge on any atom is 0.223 e. The molecule has 0 aliphatic carbocycles. The molecule has 1 amide bonds. The van der Waals surface area contributed by atoms with Crippen LogP contribution in [0.2, 0.25) is 5.02 Å². The topological polar surface area (TPSA) is 67.2 Å². The summed E-state index contributed by atoms with van der Waals surface area (Å²) in [6.07, 6.45) is 1.20. The molecule has 1 aliphatic heterocycles. The fourth-order valence-corrected chi connectivity index (χ4v) is 4.17. The van der Waals surface area contributed by atoms with Crippen molar-refractivity contribution in [3.63, 3.8) is 0 Å². The van der Waals surface area contributed by atoms with Gasteiger partial charge in [0.05, 0.1) is 5.69 Å². The van der Waals surface area contributed by atoms with Crippen molar-refractivity contribution < 1.29 is 4.79 Å². The van der Waals surface area contributed by atoms with E-state index in [0.29, 0.717) is 36.8 Å². The molecular weight excluding hydrogens is 412 g/mol. The Balaban J connectivity index is 1.38. The molecule has 0 radical (unpaired) electrons. The van der Waals surface area contributed by atoms with E-state index >= 15 is 0 Å². The van der Waals surface area contributed by atoms with Gasteiger partial charge in [0.15, 0.2) is 5.82 Å². The number of piperazine rings is 1. The van der Waals surface area contributed by atoms with Crippen LogP contribution >= 0.6 is 11.6 Å². The molecule has 7 nitrogen and oxygen atoms in total. The number of anilines is 1. The Bertz CT molecular complexity index is 1090. The van der Waals surface area contributed by atoms with E-state index in [9.17, 15) is 4.79 Å². The fraction of sp³-hybridized carbons (Fsp3) is 0.391. The van der Waals surface area contributed by atoms with Gasteiger partial charge in [0.1, 0.15) is 11.6 Å². The first-order valence-electron chi connectivity index (χ1n) is 10.6. The van der Waals surface area contributed by atoms with E-state index in [1.54, 1.807) is 0 Å². The lowest BCUT2D eigenvalue weighted by Gasteiger charge is -2.35. The van der Waals surface area contributed by atoms with E-state index in [-0.39, 0.29) is 5.91 Å². The van der Waals surface area contributed by atoms with Crippen LogP contribution in [-0.4, -0.2) is 56.7 Å². The highest BCUT2D eigenvalue weighted by molar-refractivity contribution is 6.30. The van der Waals surface area contributed by atoms with Crippen molar-refractivity contribution in [2.24, 2.45) is 0 Å². The molecule has 0 atom stereocenters. The first kappa shape index (κ1) is 21.3. The van der Waals surface area contributed by atoms with E-state index in [1.807, 2.05) is 66.8 Å². The summed E-state index contributed by atoms with van der Waals surface area (Å²) < 4.78 is 1.85. The Morgan fingerprint density at radius 2 is 1.74 bits per heavy atom. The number of carbonyl (C=O) groups excluding carboxylic acids is 1. The SMILES string of the molecule is Cc1cc(C)n(-c2cc(N3CCN(C(=O)CCc4cccc(Cl)c4)CC3)nc(C)n2)n1. The zero-order valence-corrected chi connectivity index (χ0v) is 18.9. The molecule has 4 rings (SSSR count). The van der Waals surface area contributed by atoms with Gasteiger partial charge in [0.25, 0.3) is 0 Å². The summed E-state index contributed by atoms with van der Waals surface area (Å²) in [5, 5.41) is 5.25. The quantitative estimate of drug-likeness (QED) is 0.609. The second-order valence-corrected chi connectivity index (χ2v) is 8.40. The number of rotatable bonds is 5. The van der Waals surface area contributed by atoms with Gasteiger partial charge in [-0.25, -0.2) is 14.6 Å². The third kappa shape index (κ3) is 5.05. The van der Waals surface area contributed by atoms with Gasteiger partial charge in [-0.3, -0.25) is 4.79 Å². The third-order valence-electron chi connectivity index (χ3n) is 5.51. The molecule has 0 spiro atoms. The highest BCUT2D eigenvalue weighted by atomic mass is 35.5. The molecule has 1 aromatic carbocycles. The summed E-state index contributed by atoms with van der Waals surface area (Å²) in [6, 6.07) is 11.7. The Labute approximate surface area is 187 Å². The number of amides is 1. The molecule has 0 unspecified atom stereocenters. The summed E-state index contributed by atoms with van der Waals surface area (Å²) >= 11 is 6.04. The molecule has 2 aromatic heterocycles. The summed E-state index contributed by atoms with van der Waals surface area (Å²) in [5.41, 5.74) is 3.09. The number of halogens is 1. The summed E-state index contributed by atoms with van der Waals surface area (Å²) in [5.74, 6) is 2.54. The number of aromatic nitrogens is 4. The van der Waals surface area contributed by atoms with Crippen LogP contribution in [0.15, 0.2) is 36.4 Å². The lowest BCUT2D eigenvalue weighted by Crippen LogP contribution is -2.49. The van der Waals surface area contributed by atoms with E-state index in [2.05, 4.69) is 20.0 Å². The van der Waals surface area contributed by atoms with Gasteiger partial charge in [-0.2, -0.15) is 5.10 Å². The second kappa shape index (κ2) is 9.06. The van der Waals surface area contributed by atoms with Crippen LogP contribution in [0.1, 0.15) is 29.2 Å². The van der Waals surface area contributed by atoms with Crippen molar-refractivity contribution in [2.45, 2.75) is 33.6 Å². The van der Waals surface area contributed by atoms with Crippen molar-refractivity contribution in [1.29, 1.82) is 0 Å². The van der Waals surface area contributed by atoms with Gasteiger partial charge in [-0.05, 0) is 51.0 Å². The lowest BCUT2D eigenvalue weighted by molar-refractivity contribution is -0.131. The van der Waals surface area contributed by atoms with Gasteiger partial charge in [-0.1, -0.05) is 23.7 Å². The predicted molar refractivity (Wildman–Crippen MR) is 122 cm³/mol. The smallest absolute Gasteiger partial charge is 0.223 e. The molecule has 3 heterocycles. The lowest BCUT2D eigenvalue weighted by atomic mass is 10.1. The standard InChI is InChI=1S/C23H27ClN6O/c1-16-13-17(2)30(27-16)22-15-21(25-18(3)26-22)28-9-11-29(12-10-28)23(31)8-7-19-5-4-6-20(24)14-19/h4-6,13-15H,7-12H2,1-3H3. The highest BCUT2D eigenvalue weighted by Crippen LogP contribution is 2.19. The first-order chi connectivity index (χ1) is 14.9. The molecule has 0 N–H and O–H groups in total. The Kier molecular flexibility index (Phi) is 6.23. The molecule has 162 valence electrons. The minimum Gasteiger partial charge on any atom is -0.353 e. The maximum atomic E-state index is 12.7. The zero-order chi connectivity index (χ0) is 22.0. The monoisotopic (exact) mass is 438 g/mol. The molecule has 0 saturated carbocycles. The molecule has 1 fully saturated rings. The number of hydrogen-bond acceptors (Lipinski definition) is 5. The van der Waals surface area contributed by atoms with E-state index in [1.165, 1.54) is 0 Å². The van der Waals surface area contributed by atoms with Crippen molar-refractivity contribution in [3.8, 4) is 5.82 Å². The zero-order valence-electron chi connectivity index (χ0n) is 18.2. The van der Waals surface area contributed by atoms with Gasteiger partial charge in [0.2, 0.25) is 5.91 Å². The Morgan fingerprint density at radius 1 is 1.00 bits per heavy atom. The molecule has 3 aromatic rings. The molecule has 1 saturated heterocycles. The Morgan fingerprint density at radius 3 is 2.42 bits per heavy atom. The molecule has 1 aliphatic rings. The Hall–Kier alpha value is -2.93. The van der Waals surface area contributed by atoms with Crippen LogP contribution in [-0.2, 0) is 11.2 Å². The van der Waals surface area contributed by atoms with Crippen molar-refractivity contribution in [3.05, 3.63) is 64.2 Å². The molecule has 31 heavy (non-hydrogen) atoms. The minimum absolute atomic E-state index is 0.182. The van der Waals surface area contributed by atoms with Crippen molar-refractivity contribution in [1.82, 2.24) is 24.6 Å². The predicted octanol–water partition coefficient (Wildman–Crippen LogP) is 3.52. The highest BCUT2D eigenvalue weighted by Gasteiger charge is 2.22. The van der Waals surface area contributed by atoms with Gasteiger partial charge >= 0.3 is 0 Å². The largest absolute Gasteiger partial charge is 0.353 e. The number of benzene rings is 1. The summed E-state index contributed by atoms with van der Waals surface area (Å²) in [6.45, 7) is 8.76. The summed E-state index contributed by atoms with van der Waals surface area (Å²) in [4.78, 5) is 26.0. The average molecular weight is 439 g/mol. The van der Waals surface area contributed by atoms with Crippen molar-refractivity contribution >= 4 is 23.3 Å². The van der Waals surface area contributed by atoms with Crippen LogP contribution < -0.4 is 4.90 Å². The van der Waals surface area contributed by atoms with Crippen molar-refractivity contribution in [2.75, 3.05) is 31.1 Å². The number of carbonyl (C=O) groups is 1. The normalized spacial score (nSPS) is 14.2. The molecular formula is C23H27ClN6O. The average Bonchev–Trinajstić information content (AvgIpc) is 3.10. The van der Waals surface area contributed by atoms with E-state index in [0.717, 1.165) is 41.7 Å². The van der Waals surface area contributed by atoms with Crippen LogP contribution in [0, 0.1) is 20.8 Å². The second-order valence-electron chi connectivity index (χ2n) is 7.97. The summed E-state index contributed by atoms with van der Waals surface area (Å²) in [7, 11) is 0. The van der Waals surface area contributed by atoms with E-state index < -0.39 is 0 Å². The molecule has 0 bridgehead atoms. The maximum absolute atomic E-state index is 12.7. The number of aryl methyl sites for hydroxylation is 4. The number of nitrogens with zero attached hydrogens (tertiary/aromatic N) is 6. The van der Waals surface area contributed by atoms with Crippen LogP contribution in [0.4, 0.5) is 5.82 Å². The minimum atomic E-state index is 0.182. The van der Waals surface area contributed by atoms with Gasteiger partial charge in [0, 0.05) is 49.4 Å². The van der Waals surface area contributed by atoms with Crippen LogP contribution in [0.3, 0.4) is 0 Å². The first-order valence-corrected chi connectivity index (χ1v) is 10.9.